The first-order valence-electron chi connectivity index (χ1n) is 7.77. The van der Waals surface area contributed by atoms with Crippen molar-refractivity contribution in [3.8, 4) is 0 Å². The van der Waals surface area contributed by atoms with Crippen molar-refractivity contribution < 1.29 is 4.79 Å². The number of carbonyl (C=O) groups is 1. The summed E-state index contributed by atoms with van der Waals surface area (Å²) in [6, 6.07) is 9.61. The van der Waals surface area contributed by atoms with E-state index in [1.54, 1.807) is 0 Å². The topological polar surface area (TPSA) is 64.0 Å². The van der Waals surface area contributed by atoms with E-state index >= 15 is 0 Å². The Kier molecular flexibility index (Phi) is 4.49. The quantitative estimate of drug-likeness (QED) is 0.793. The summed E-state index contributed by atoms with van der Waals surface area (Å²) in [5.41, 5.74) is 1.81. The molecule has 0 radical (unpaired) electrons. The zero-order valence-electron chi connectivity index (χ0n) is 13.9. The molecule has 2 aromatic heterocycles. The first-order valence-corrected chi connectivity index (χ1v) is 8.58. The molecule has 124 valence electrons. The van der Waals surface area contributed by atoms with Crippen LogP contribution in [0.25, 0.3) is 10.2 Å². The average Bonchev–Trinajstić information content (AvgIpc) is 2.86. The smallest absolute Gasteiger partial charge is 0.262 e. The number of aromatic nitrogens is 2. The highest BCUT2D eigenvalue weighted by molar-refractivity contribution is 7.18. The number of aryl methyl sites for hydroxylation is 2. The Bertz CT molecular complexity index is 944. The molecule has 1 N–H and O–H groups in total. The van der Waals surface area contributed by atoms with Crippen molar-refractivity contribution in [2.45, 2.75) is 33.4 Å². The highest BCUT2D eigenvalue weighted by Gasteiger charge is 2.15. The van der Waals surface area contributed by atoms with Gasteiger partial charge in [0.05, 0.1) is 17.8 Å². The SMILES string of the molecule is Cc1sc2ncn(CC(=O)N[C@@H](C)c3ccccc3)c(=O)c2c1C. The number of thiophene rings is 1. The first-order chi connectivity index (χ1) is 11.5. The molecule has 3 aromatic rings. The van der Waals surface area contributed by atoms with Crippen molar-refractivity contribution in [1.82, 2.24) is 14.9 Å². The largest absolute Gasteiger partial charge is 0.348 e. The fourth-order valence-corrected chi connectivity index (χ4v) is 3.64. The molecule has 1 aromatic carbocycles. The van der Waals surface area contributed by atoms with Gasteiger partial charge in [-0.05, 0) is 31.9 Å². The molecule has 0 aliphatic heterocycles. The summed E-state index contributed by atoms with van der Waals surface area (Å²) in [5.74, 6) is -0.209. The van der Waals surface area contributed by atoms with Crippen LogP contribution in [0.3, 0.4) is 0 Å². The predicted octanol–water partition coefficient (Wildman–Crippen LogP) is 2.95. The summed E-state index contributed by atoms with van der Waals surface area (Å²) < 4.78 is 1.37. The van der Waals surface area contributed by atoms with E-state index in [1.165, 1.54) is 22.2 Å². The highest BCUT2D eigenvalue weighted by atomic mass is 32.1. The van der Waals surface area contributed by atoms with Crippen molar-refractivity contribution in [1.29, 1.82) is 0 Å². The lowest BCUT2D eigenvalue weighted by atomic mass is 10.1. The molecule has 24 heavy (non-hydrogen) atoms. The molecule has 0 aliphatic rings. The van der Waals surface area contributed by atoms with E-state index in [4.69, 9.17) is 0 Å². The number of nitrogens with one attached hydrogen (secondary N) is 1. The minimum absolute atomic E-state index is 0.0344. The third-order valence-electron chi connectivity index (χ3n) is 4.15. The Morgan fingerprint density at radius 1 is 1.29 bits per heavy atom. The maximum absolute atomic E-state index is 12.6. The van der Waals surface area contributed by atoms with Gasteiger partial charge in [0.25, 0.3) is 5.56 Å². The number of fused-ring (bicyclic) bond motifs is 1. The lowest BCUT2D eigenvalue weighted by Gasteiger charge is -2.14. The fourth-order valence-electron chi connectivity index (χ4n) is 2.65. The van der Waals surface area contributed by atoms with Crippen LogP contribution < -0.4 is 10.9 Å². The number of amides is 1. The molecule has 5 nitrogen and oxygen atoms in total. The minimum atomic E-state index is -0.209. The van der Waals surface area contributed by atoms with Crippen LogP contribution in [-0.4, -0.2) is 15.5 Å². The Labute approximate surface area is 144 Å². The molecule has 0 saturated carbocycles. The molecule has 0 fully saturated rings. The van der Waals surface area contributed by atoms with E-state index in [2.05, 4.69) is 10.3 Å². The molecule has 1 atom stereocenters. The van der Waals surface area contributed by atoms with Gasteiger partial charge in [-0.2, -0.15) is 0 Å². The summed E-state index contributed by atoms with van der Waals surface area (Å²) in [6.45, 7) is 5.77. The van der Waals surface area contributed by atoms with E-state index < -0.39 is 0 Å². The van der Waals surface area contributed by atoms with E-state index in [9.17, 15) is 9.59 Å². The zero-order chi connectivity index (χ0) is 17.3. The van der Waals surface area contributed by atoms with Gasteiger partial charge < -0.3 is 5.32 Å². The highest BCUT2D eigenvalue weighted by Crippen LogP contribution is 2.25. The van der Waals surface area contributed by atoms with Gasteiger partial charge in [0.1, 0.15) is 11.4 Å². The maximum Gasteiger partial charge on any atom is 0.262 e. The number of hydrogen-bond acceptors (Lipinski definition) is 4. The van der Waals surface area contributed by atoms with Crippen molar-refractivity contribution in [2.24, 2.45) is 0 Å². The lowest BCUT2D eigenvalue weighted by molar-refractivity contribution is -0.122. The molecule has 0 aliphatic carbocycles. The normalized spacial score (nSPS) is 12.3. The second-order valence-electron chi connectivity index (χ2n) is 5.84. The van der Waals surface area contributed by atoms with E-state index in [-0.39, 0.29) is 24.1 Å². The van der Waals surface area contributed by atoms with Crippen LogP contribution in [0.5, 0.6) is 0 Å². The number of carbonyl (C=O) groups excluding carboxylic acids is 1. The van der Waals surface area contributed by atoms with Gasteiger partial charge in [-0.15, -0.1) is 11.3 Å². The van der Waals surface area contributed by atoms with Crippen LogP contribution in [0.1, 0.15) is 29.0 Å². The molecule has 0 spiro atoms. The fraction of sp³-hybridized carbons (Fsp3) is 0.278. The van der Waals surface area contributed by atoms with Gasteiger partial charge >= 0.3 is 0 Å². The van der Waals surface area contributed by atoms with E-state index in [0.717, 1.165) is 20.8 Å². The number of nitrogens with zero attached hydrogens (tertiary/aromatic N) is 2. The van der Waals surface area contributed by atoms with Crippen LogP contribution in [0.15, 0.2) is 41.5 Å². The van der Waals surface area contributed by atoms with Gasteiger partial charge in [0.2, 0.25) is 5.91 Å². The Morgan fingerprint density at radius 2 is 2.00 bits per heavy atom. The van der Waals surface area contributed by atoms with E-state index in [1.807, 2.05) is 51.1 Å². The van der Waals surface area contributed by atoms with Gasteiger partial charge in [0.15, 0.2) is 0 Å². The number of hydrogen-bond donors (Lipinski definition) is 1. The standard InChI is InChI=1S/C18H19N3O2S/c1-11-13(3)24-17-16(11)18(23)21(10-19-17)9-15(22)20-12(2)14-7-5-4-6-8-14/h4-8,10,12H,9H2,1-3H3,(H,20,22)/t12-/m0/s1. The summed E-state index contributed by atoms with van der Waals surface area (Å²) in [5, 5.41) is 3.53. The van der Waals surface area contributed by atoms with Crippen molar-refractivity contribution in [3.05, 3.63) is 63.0 Å². The Balaban J connectivity index is 1.80. The third-order valence-corrected chi connectivity index (χ3v) is 5.26. The van der Waals surface area contributed by atoms with Gasteiger partial charge in [0, 0.05) is 4.88 Å². The molecule has 0 bridgehead atoms. The van der Waals surface area contributed by atoms with Crippen LogP contribution in [0, 0.1) is 13.8 Å². The van der Waals surface area contributed by atoms with Crippen LogP contribution in [0.4, 0.5) is 0 Å². The molecule has 6 heteroatoms. The molecule has 0 saturated heterocycles. The molecule has 0 unspecified atom stereocenters. The number of rotatable bonds is 4. The molecule has 3 rings (SSSR count). The van der Waals surface area contributed by atoms with Gasteiger partial charge in [-0.3, -0.25) is 14.2 Å². The Hall–Kier alpha value is -2.47. The average molecular weight is 341 g/mol. The first kappa shape index (κ1) is 16.4. The van der Waals surface area contributed by atoms with Crippen LogP contribution in [0.2, 0.25) is 0 Å². The predicted molar refractivity (Wildman–Crippen MR) is 96.4 cm³/mol. The van der Waals surface area contributed by atoms with Crippen molar-refractivity contribution >= 4 is 27.5 Å². The summed E-state index contributed by atoms with van der Waals surface area (Å²) >= 11 is 1.50. The summed E-state index contributed by atoms with van der Waals surface area (Å²) in [4.78, 5) is 31.0. The second kappa shape index (κ2) is 6.57. The summed E-state index contributed by atoms with van der Waals surface area (Å²) in [6.07, 6.45) is 1.45. The second-order valence-corrected chi connectivity index (χ2v) is 7.04. The number of benzene rings is 1. The lowest BCUT2D eigenvalue weighted by Crippen LogP contribution is -2.33. The van der Waals surface area contributed by atoms with Crippen LogP contribution in [-0.2, 0) is 11.3 Å². The van der Waals surface area contributed by atoms with Gasteiger partial charge in [-0.25, -0.2) is 4.98 Å². The summed E-state index contributed by atoms with van der Waals surface area (Å²) in [7, 11) is 0. The van der Waals surface area contributed by atoms with Crippen molar-refractivity contribution in [2.75, 3.05) is 0 Å². The van der Waals surface area contributed by atoms with Crippen LogP contribution >= 0.6 is 11.3 Å². The third kappa shape index (κ3) is 3.10. The maximum atomic E-state index is 12.6. The zero-order valence-corrected chi connectivity index (χ0v) is 14.7. The molecular formula is C18H19N3O2S. The van der Waals surface area contributed by atoms with E-state index in [0.29, 0.717) is 5.39 Å². The minimum Gasteiger partial charge on any atom is -0.348 e. The molecule has 2 heterocycles. The van der Waals surface area contributed by atoms with Gasteiger partial charge in [-0.1, -0.05) is 30.3 Å². The molecular weight excluding hydrogens is 322 g/mol. The monoisotopic (exact) mass is 341 g/mol. The van der Waals surface area contributed by atoms with Crippen molar-refractivity contribution in [3.63, 3.8) is 0 Å². The Morgan fingerprint density at radius 3 is 2.71 bits per heavy atom. The molecule has 1 amide bonds.